The second kappa shape index (κ2) is 6.17. The van der Waals surface area contributed by atoms with Gasteiger partial charge in [-0.3, -0.25) is 0 Å². The van der Waals surface area contributed by atoms with Crippen LogP contribution in [-0.4, -0.2) is 44.2 Å². The summed E-state index contributed by atoms with van der Waals surface area (Å²) in [6.07, 6.45) is 7.20. The Kier molecular flexibility index (Phi) is 4.81. The molecule has 104 valence electrons. The van der Waals surface area contributed by atoms with Gasteiger partial charge in [-0.1, -0.05) is 11.6 Å². The Labute approximate surface area is 110 Å². The van der Waals surface area contributed by atoms with Crippen LogP contribution in [0.1, 0.15) is 39.0 Å². The second-order valence-electron chi connectivity index (χ2n) is 5.41. The highest BCUT2D eigenvalue weighted by Crippen LogP contribution is 2.18. The van der Waals surface area contributed by atoms with E-state index in [0.717, 1.165) is 31.8 Å². The largest absolute Gasteiger partial charge is 0.314 e. The highest BCUT2D eigenvalue weighted by atomic mass is 32.2. The van der Waals surface area contributed by atoms with E-state index < -0.39 is 10.0 Å². The third-order valence-electron chi connectivity index (χ3n) is 3.63. The molecular weight excluding hydrogens is 248 g/mol. The maximum absolute atomic E-state index is 12.1. The molecule has 1 aliphatic heterocycles. The first kappa shape index (κ1) is 14.0. The third kappa shape index (κ3) is 4.37. The average molecular weight is 272 g/mol. The molecule has 0 amide bonds. The third-order valence-corrected chi connectivity index (χ3v) is 5.55. The van der Waals surface area contributed by atoms with Gasteiger partial charge in [0.15, 0.2) is 0 Å². The first-order chi connectivity index (χ1) is 8.58. The smallest absolute Gasteiger partial charge is 0.214 e. The van der Waals surface area contributed by atoms with Gasteiger partial charge in [0.1, 0.15) is 0 Å². The van der Waals surface area contributed by atoms with Gasteiger partial charge < -0.3 is 5.32 Å². The first-order valence-electron chi connectivity index (χ1n) is 6.95. The lowest BCUT2D eigenvalue weighted by molar-refractivity contribution is 0.429. The molecule has 0 aromatic rings. The van der Waals surface area contributed by atoms with Gasteiger partial charge in [-0.25, -0.2) is 8.42 Å². The van der Waals surface area contributed by atoms with E-state index in [1.165, 1.54) is 18.4 Å². The number of unbranched alkanes of at least 4 members (excludes halogenated alkanes) is 1. The van der Waals surface area contributed by atoms with E-state index in [1.54, 1.807) is 4.31 Å². The van der Waals surface area contributed by atoms with Crippen molar-refractivity contribution in [2.24, 2.45) is 0 Å². The number of hydrogen-bond donors (Lipinski definition) is 1. The highest BCUT2D eigenvalue weighted by Gasteiger charge is 2.23. The van der Waals surface area contributed by atoms with Gasteiger partial charge in [0.05, 0.1) is 5.75 Å². The fraction of sp³-hybridized carbons (Fsp3) is 0.846. The van der Waals surface area contributed by atoms with E-state index in [-0.39, 0.29) is 0 Å². The lowest BCUT2D eigenvalue weighted by Crippen LogP contribution is -2.36. The minimum Gasteiger partial charge on any atom is -0.314 e. The summed E-state index contributed by atoms with van der Waals surface area (Å²) in [6, 6.07) is 0.719. The molecule has 2 rings (SSSR count). The van der Waals surface area contributed by atoms with Crippen molar-refractivity contribution in [2.75, 3.05) is 25.4 Å². The number of hydrogen-bond acceptors (Lipinski definition) is 3. The van der Waals surface area contributed by atoms with Crippen molar-refractivity contribution in [1.82, 2.24) is 9.62 Å². The fourth-order valence-electron chi connectivity index (χ4n) is 2.14. The van der Waals surface area contributed by atoms with Gasteiger partial charge in [-0.15, -0.1) is 0 Å². The van der Waals surface area contributed by atoms with Crippen LogP contribution in [0.5, 0.6) is 0 Å². The van der Waals surface area contributed by atoms with Gasteiger partial charge in [-0.2, -0.15) is 4.31 Å². The Hall–Kier alpha value is -0.390. The molecule has 0 aromatic carbocycles. The zero-order valence-electron chi connectivity index (χ0n) is 11.2. The summed E-state index contributed by atoms with van der Waals surface area (Å²) in [6.45, 7) is 4.24. The number of sulfonamides is 1. The zero-order valence-corrected chi connectivity index (χ0v) is 12.0. The van der Waals surface area contributed by atoms with Gasteiger partial charge in [0, 0.05) is 19.1 Å². The molecule has 1 saturated carbocycles. The molecule has 0 radical (unpaired) electrons. The van der Waals surface area contributed by atoms with Gasteiger partial charge in [0.25, 0.3) is 0 Å². The standard InChI is InChI=1S/C13H24N2O2S/c1-12-6-9-15(10-7-12)18(16,17)11-3-2-8-14-13-4-5-13/h6,13-14H,2-5,7-11H2,1H3. The molecule has 0 atom stereocenters. The maximum atomic E-state index is 12.1. The van der Waals surface area contributed by atoms with E-state index in [0.29, 0.717) is 18.8 Å². The van der Waals surface area contributed by atoms with Crippen molar-refractivity contribution in [2.45, 2.75) is 45.1 Å². The van der Waals surface area contributed by atoms with Crippen LogP contribution in [0.3, 0.4) is 0 Å². The molecule has 4 nitrogen and oxygen atoms in total. The quantitative estimate of drug-likeness (QED) is 0.564. The number of rotatable bonds is 7. The van der Waals surface area contributed by atoms with Crippen molar-refractivity contribution in [1.29, 1.82) is 0 Å². The van der Waals surface area contributed by atoms with Crippen molar-refractivity contribution < 1.29 is 8.42 Å². The van der Waals surface area contributed by atoms with Crippen molar-refractivity contribution in [3.63, 3.8) is 0 Å². The summed E-state index contributed by atoms with van der Waals surface area (Å²) in [5, 5.41) is 3.41. The van der Waals surface area contributed by atoms with Crippen LogP contribution in [0.2, 0.25) is 0 Å². The molecule has 2 aliphatic rings. The second-order valence-corrected chi connectivity index (χ2v) is 7.50. The van der Waals surface area contributed by atoms with Crippen LogP contribution in [0.15, 0.2) is 11.6 Å². The fourth-order valence-corrected chi connectivity index (χ4v) is 3.64. The molecule has 5 heteroatoms. The van der Waals surface area contributed by atoms with E-state index in [2.05, 4.69) is 12.2 Å². The maximum Gasteiger partial charge on any atom is 0.214 e. The van der Waals surface area contributed by atoms with Gasteiger partial charge in [-0.05, 0) is 45.6 Å². The van der Waals surface area contributed by atoms with E-state index in [9.17, 15) is 8.42 Å². The summed E-state index contributed by atoms with van der Waals surface area (Å²) < 4.78 is 25.8. The van der Waals surface area contributed by atoms with Crippen LogP contribution < -0.4 is 5.32 Å². The number of nitrogens with zero attached hydrogens (tertiary/aromatic N) is 1. The summed E-state index contributed by atoms with van der Waals surface area (Å²) in [4.78, 5) is 0. The van der Waals surface area contributed by atoms with Crippen LogP contribution in [0, 0.1) is 0 Å². The average Bonchev–Trinajstić information content (AvgIpc) is 3.13. The topological polar surface area (TPSA) is 49.4 Å². The zero-order chi connectivity index (χ0) is 13.0. The molecule has 0 aromatic heterocycles. The number of nitrogens with one attached hydrogen (secondary N) is 1. The Morgan fingerprint density at radius 1 is 1.39 bits per heavy atom. The van der Waals surface area contributed by atoms with Gasteiger partial charge >= 0.3 is 0 Å². The summed E-state index contributed by atoms with van der Waals surface area (Å²) in [5.41, 5.74) is 1.30. The SMILES string of the molecule is CC1=CCN(S(=O)(=O)CCCCNC2CC2)CC1. The first-order valence-corrected chi connectivity index (χ1v) is 8.56. The molecule has 1 heterocycles. The molecular formula is C13H24N2O2S. The summed E-state index contributed by atoms with van der Waals surface area (Å²) in [5.74, 6) is 0.298. The van der Waals surface area contributed by atoms with Gasteiger partial charge in [0.2, 0.25) is 10.0 Å². The molecule has 1 N–H and O–H groups in total. The normalized spacial score (nSPS) is 21.9. The molecule has 0 bridgehead atoms. The predicted molar refractivity (Wildman–Crippen MR) is 74.0 cm³/mol. The highest BCUT2D eigenvalue weighted by molar-refractivity contribution is 7.89. The minimum atomic E-state index is -3.03. The predicted octanol–water partition coefficient (Wildman–Crippen LogP) is 1.50. The van der Waals surface area contributed by atoms with E-state index in [4.69, 9.17) is 0 Å². The molecule has 0 saturated heterocycles. The summed E-state index contributed by atoms with van der Waals surface area (Å²) >= 11 is 0. The molecule has 1 fully saturated rings. The molecule has 1 aliphatic carbocycles. The van der Waals surface area contributed by atoms with E-state index in [1.807, 2.05) is 6.08 Å². The van der Waals surface area contributed by atoms with Crippen LogP contribution in [0.25, 0.3) is 0 Å². The molecule has 0 spiro atoms. The van der Waals surface area contributed by atoms with E-state index >= 15 is 0 Å². The lowest BCUT2D eigenvalue weighted by Gasteiger charge is -2.24. The molecule has 18 heavy (non-hydrogen) atoms. The van der Waals surface area contributed by atoms with Crippen LogP contribution in [0.4, 0.5) is 0 Å². The Morgan fingerprint density at radius 2 is 2.17 bits per heavy atom. The van der Waals surface area contributed by atoms with Crippen LogP contribution in [-0.2, 0) is 10.0 Å². The minimum absolute atomic E-state index is 0.298. The Bertz CT molecular complexity index is 399. The van der Waals surface area contributed by atoms with Crippen LogP contribution >= 0.6 is 0 Å². The monoisotopic (exact) mass is 272 g/mol. The molecule has 0 unspecified atom stereocenters. The Balaban J connectivity index is 1.66. The van der Waals surface area contributed by atoms with Crippen molar-refractivity contribution >= 4 is 10.0 Å². The Morgan fingerprint density at radius 3 is 2.78 bits per heavy atom. The summed E-state index contributed by atoms with van der Waals surface area (Å²) in [7, 11) is -3.03. The lowest BCUT2D eigenvalue weighted by atomic mass is 10.1. The van der Waals surface area contributed by atoms with Crippen molar-refractivity contribution in [3.8, 4) is 0 Å². The van der Waals surface area contributed by atoms with Crippen molar-refractivity contribution in [3.05, 3.63) is 11.6 Å².